The summed E-state index contributed by atoms with van der Waals surface area (Å²) in [4.78, 5) is 0. The standard InChI is InChI=1S/C30H48NO3/c1-9-31(10-2,21-24-14-12-11-13-15-24)22-26(32)23-33-18-19-34-28-17-16-25(29(3,4)5)20-27(28)30(6,7)8/h11-17,20,26,32H,9-10,18-19,21-23H2,1-8H3/q+1/t26-/m0/s1. The van der Waals surface area contributed by atoms with Crippen molar-refractivity contribution in [3.05, 3.63) is 65.2 Å². The molecule has 4 nitrogen and oxygen atoms in total. The number of rotatable bonds is 12. The quantitative estimate of drug-likeness (QED) is 0.301. The van der Waals surface area contributed by atoms with Crippen LogP contribution in [-0.4, -0.2) is 55.1 Å². The fraction of sp³-hybridized carbons (Fsp3) is 0.600. The van der Waals surface area contributed by atoms with Gasteiger partial charge >= 0.3 is 0 Å². The largest absolute Gasteiger partial charge is 0.491 e. The van der Waals surface area contributed by atoms with Crippen molar-refractivity contribution in [2.45, 2.75) is 78.9 Å². The van der Waals surface area contributed by atoms with Gasteiger partial charge in [-0.15, -0.1) is 0 Å². The molecule has 2 aromatic carbocycles. The summed E-state index contributed by atoms with van der Waals surface area (Å²) in [6.45, 7) is 22.6. The number of hydrogen-bond acceptors (Lipinski definition) is 3. The van der Waals surface area contributed by atoms with E-state index in [0.29, 0.717) is 26.4 Å². The van der Waals surface area contributed by atoms with E-state index in [2.05, 4.69) is 97.9 Å². The van der Waals surface area contributed by atoms with E-state index in [1.54, 1.807) is 0 Å². The average molecular weight is 471 g/mol. The molecule has 0 unspecified atom stereocenters. The van der Waals surface area contributed by atoms with Crippen LogP contribution in [0, 0.1) is 0 Å². The average Bonchev–Trinajstić information content (AvgIpc) is 2.77. The van der Waals surface area contributed by atoms with Gasteiger partial charge in [-0.3, -0.25) is 0 Å². The van der Waals surface area contributed by atoms with E-state index < -0.39 is 6.10 Å². The summed E-state index contributed by atoms with van der Waals surface area (Å²) in [6, 6.07) is 17.1. The van der Waals surface area contributed by atoms with Gasteiger partial charge in [-0.1, -0.05) is 84.0 Å². The molecule has 0 bridgehead atoms. The Morgan fingerprint density at radius 2 is 1.50 bits per heavy atom. The summed E-state index contributed by atoms with van der Waals surface area (Å²) in [5, 5.41) is 10.7. The van der Waals surface area contributed by atoms with Crippen LogP contribution in [0.1, 0.15) is 72.1 Å². The predicted molar refractivity (Wildman–Crippen MR) is 143 cm³/mol. The highest BCUT2D eigenvalue weighted by atomic mass is 16.5. The van der Waals surface area contributed by atoms with Crippen LogP contribution in [0.4, 0.5) is 0 Å². The van der Waals surface area contributed by atoms with Crippen LogP contribution >= 0.6 is 0 Å². The first-order valence-electron chi connectivity index (χ1n) is 12.8. The molecule has 190 valence electrons. The van der Waals surface area contributed by atoms with Crippen molar-refractivity contribution in [2.24, 2.45) is 0 Å². The summed E-state index contributed by atoms with van der Waals surface area (Å²) < 4.78 is 12.8. The predicted octanol–water partition coefficient (Wildman–Crippen LogP) is 6.09. The van der Waals surface area contributed by atoms with Gasteiger partial charge in [-0.25, -0.2) is 0 Å². The first-order valence-corrected chi connectivity index (χ1v) is 12.8. The number of likely N-dealkylation sites (N-methyl/N-ethyl adjacent to an activating group) is 1. The molecule has 0 heterocycles. The lowest BCUT2D eigenvalue weighted by Crippen LogP contribution is -2.52. The van der Waals surface area contributed by atoms with Crippen LogP contribution in [0.15, 0.2) is 48.5 Å². The third-order valence-electron chi connectivity index (χ3n) is 6.75. The lowest BCUT2D eigenvalue weighted by atomic mass is 9.80. The normalized spacial score (nSPS) is 13.7. The fourth-order valence-corrected chi connectivity index (χ4v) is 4.38. The highest BCUT2D eigenvalue weighted by Crippen LogP contribution is 2.35. The monoisotopic (exact) mass is 470 g/mol. The third-order valence-corrected chi connectivity index (χ3v) is 6.75. The summed E-state index contributed by atoms with van der Waals surface area (Å²) in [5.74, 6) is 0.917. The lowest BCUT2D eigenvalue weighted by Gasteiger charge is -2.38. The first kappa shape index (κ1) is 28.4. The second-order valence-electron chi connectivity index (χ2n) is 11.6. The number of hydrogen-bond donors (Lipinski definition) is 1. The van der Waals surface area contributed by atoms with Crippen LogP contribution in [0.2, 0.25) is 0 Å². The van der Waals surface area contributed by atoms with Crippen molar-refractivity contribution in [1.82, 2.24) is 0 Å². The van der Waals surface area contributed by atoms with Gasteiger partial charge in [0.15, 0.2) is 0 Å². The van der Waals surface area contributed by atoms with Gasteiger partial charge in [0, 0.05) is 5.56 Å². The van der Waals surface area contributed by atoms with Crippen molar-refractivity contribution in [1.29, 1.82) is 0 Å². The van der Waals surface area contributed by atoms with Gasteiger partial charge in [0.05, 0.1) is 26.3 Å². The molecule has 0 aliphatic rings. The Hall–Kier alpha value is -1.88. The van der Waals surface area contributed by atoms with Crippen molar-refractivity contribution < 1.29 is 19.1 Å². The lowest BCUT2D eigenvalue weighted by molar-refractivity contribution is -0.940. The molecular weight excluding hydrogens is 422 g/mol. The van der Waals surface area contributed by atoms with Crippen molar-refractivity contribution in [3.63, 3.8) is 0 Å². The first-order chi connectivity index (χ1) is 15.9. The molecule has 1 N–H and O–H groups in total. The van der Waals surface area contributed by atoms with E-state index in [1.165, 1.54) is 16.7 Å². The number of quaternary nitrogens is 1. The molecule has 34 heavy (non-hydrogen) atoms. The Labute approximate surface area is 208 Å². The van der Waals surface area contributed by atoms with Crippen LogP contribution in [0.5, 0.6) is 5.75 Å². The van der Waals surface area contributed by atoms with Gasteiger partial charge in [-0.2, -0.15) is 0 Å². The van der Waals surface area contributed by atoms with Crippen molar-refractivity contribution in [2.75, 3.05) is 39.5 Å². The van der Waals surface area contributed by atoms with Gasteiger partial charge in [-0.05, 0) is 41.9 Å². The van der Waals surface area contributed by atoms with Crippen LogP contribution in [0.3, 0.4) is 0 Å². The SMILES string of the molecule is CC[N+](CC)(Cc1ccccc1)C[C@H](O)COCCOc1ccc(C(C)(C)C)cc1C(C)(C)C. The maximum atomic E-state index is 10.7. The molecule has 4 heteroatoms. The molecule has 1 atom stereocenters. The second kappa shape index (κ2) is 12.2. The summed E-state index contributed by atoms with van der Waals surface area (Å²) in [6.07, 6.45) is -0.500. The molecule has 0 saturated carbocycles. The van der Waals surface area contributed by atoms with E-state index >= 15 is 0 Å². The number of aliphatic hydroxyl groups is 1. The topological polar surface area (TPSA) is 38.7 Å². The Kier molecular flexibility index (Phi) is 10.2. The summed E-state index contributed by atoms with van der Waals surface area (Å²) in [5.41, 5.74) is 3.93. The van der Waals surface area contributed by atoms with Gasteiger partial charge in [0.2, 0.25) is 0 Å². The number of aliphatic hydroxyl groups excluding tert-OH is 1. The van der Waals surface area contributed by atoms with Gasteiger partial charge < -0.3 is 19.1 Å². The molecule has 0 spiro atoms. The minimum Gasteiger partial charge on any atom is -0.491 e. The summed E-state index contributed by atoms with van der Waals surface area (Å²) in [7, 11) is 0. The zero-order chi connectivity index (χ0) is 25.4. The van der Waals surface area contributed by atoms with E-state index in [4.69, 9.17) is 9.47 Å². The molecule has 0 fully saturated rings. The second-order valence-corrected chi connectivity index (χ2v) is 11.6. The number of nitrogens with zero attached hydrogens (tertiary/aromatic N) is 1. The zero-order valence-corrected chi connectivity index (χ0v) is 22.9. The van der Waals surface area contributed by atoms with Crippen LogP contribution in [0.25, 0.3) is 0 Å². The van der Waals surface area contributed by atoms with Crippen molar-refractivity contribution in [3.8, 4) is 5.75 Å². The molecule has 0 amide bonds. The van der Waals surface area contributed by atoms with E-state index in [1.807, 2.05) is 6.07 Å². The maximum Gasteiger partial charge on any atom is 0.126 e. The van der Waals surface area contributed by atoms with Crippen LogP contribution in [-0.2, 0) is 22.1 Å². The molecule has 0 aliphatic carbocycles. The molecule has 2 rings (SSSR count). The Balaban J connectivity index is 1.88. The molecule has 0 radical (unpaired) electrons. The van der Waals surface area contributed by atoms with Gasteiger partial charge in [0.1, 0.15) is 31.5 Å². The third kappa shape index (κ3) is 8.41. The minimum atomic E-state index is -0.500. The molecular formula is C30H48NO3+. The number of ether oxygens (including phenoxy) is 2. The number of benzene rings is 2. The maximum absolute atomic E-state index is 10.7. The highest BCUT2D eigenvalue weighted by Gasteiger charge is 2.28. The van der Waals surface area contributed by atoms with Gasteiger partial charge in [0.25, 0.3) is 0 Å². The Morgan fingerprint density at radius 1 is 0.853 bits per heavy atom. The Morgan fingerprint density at radius 3 is 2.06 bits per heavy atom. The molecule has 2 aromatic rings. The van der Waals surface area contributed by atoms with E-state index in [-0.39, 0.29) is 10.8 Å². The fourth-order valence-electron chi connectivity index (χ4n) is 4.38. The Bertz CT molecular complexity index is 861. The molecule has 0 saturated heterocycles. The van der Waals surface area contributed by atoms with Crippen LogP contribution < -0.4 is 4.74 Å². The van der Waals surface area contributed by atoms with Crippen molar-refractivity contribution >= 4 is 0 Å². The van der Waals surface area contributed by atoms with E-state index in [0.717, 1.165) is 29.9 Å². The summed E-state index contributed by atoms with van der Waals surface area (Å²) >= 11 is 0. The molecule has 0 aliphatic heterocycles. The zero-order valence-electron chi connectivity index (χ0n) is 22.9. The van der Waals surface area contributed by atoms with E-state index in [9.17, 15) is 5.11 Å². The minimum absolute atomic E-state index is 0.00600. The molecule has 0 aromatic heterocycles. The highest BCUT2D eigenvalue weighted by molar-refractivity contribution is 5.43. The smallest absolute Gasteiger partial charge is 0.126 e.